The first-order valence-electron chi connectivity index (χ1n) is 5.49. The van der Waals surface area contributed by atoms with Crippen LogP contribution in [-0.4, -0.2) is 17.4 Å². The third-order valence-corrected chi connectivity index (χ3v) is 2.40. The van der Waals surface area contributed by atoms with Crippen LogP contribution in [0.4, 0.5) is 0 Å². The molecule has 0 saturated carbocycles. The van der Waals surface area contributed by atoms with Gasteiger partial charge in [0.05, 0.1) is 0 Å². The molecule has 17 heavy (non-hydrogen) atoms. The minimum Gasteiger partial charge on any atom is -0.352 e. The number of pyridine rings is 1. The molecule has 0 bridgehead atoms. The largest absolute Gasteiger partial charge is 0.352 e. The summed E-state index contributed by atoms with van der Waals surface area (Å²) in [6, 6.07) is 13.7. The number of amides is 1. The van der Waals surface area contributed by atoms with Crippen LogP contribution in [0.15, 0.2) is 48.8 Å². The van der Waals surface area contributed by atoms with Crippen LogP contribution in [0.2, 0.25) is 0 Å². The SMILES string of the molecule is O=C(NCCc1cccnc1)c1cc[c]cc1. The third kappa shape index (κ3) is 3.41. The Morgan fingerprint density at radius 3 is 2.82 bits per heavy atom. The molecule has 1 amide bonds. The molecule has 0 aliphatic rings. The van der Waals surface area contributed by atoms with E-state index in [0.29, 0.717) is 12.1 Å². The topological polar surface area (TPSA) is 42.0 Å². The van der Waals surface area contributed by atoms with E-state index in [2.05, 4.69) is 16.4 Å². The van der Waals surface area contributed by atoms with Crippen molar-refractivity contribution >= 4 is 5.91 Å². The highest BCUT2D eigenvalue weighted by molar-refractivity contribution is 5.94. The highest BCUT2D eigenvalue weighted by atomic mass is 16.1. The molecule has 1 heterocycles. The highest BCUT2D eigenvalue weighted by Crippen LogP contribution is 1.99. The predicted octanol–water partition coefficient (Wildman–Crippen LogP) is 1.85. The number of nitrogens with one attached hydrogen (secondary N) is 1. The van der Waals surface area contributed by atoms with E-state index in [4.69, 9.17) is 0 Å². The molecular weight excluding hydrogens is 212 g/mol. The molecule has 1 aromatic carbocycles. The smallest absolute Gasteiger partial charge is 0.251 e. The van der Waals surface area contributed by atoms with Gasteiger partial charge in [0.2, 0.25) is 0 Å². The zero-order valence-electron chi connectivity index (χ0n) is 9.39. The van der Waals surface area contributed by atoms with E-state index < -0.39 is 0 Å². The van der Waals surface area contributed by atoms with E-state index >= 15 is 0 Å². The standard InChI is InChI=1S/C14H13N2O/c17-14(13-6-2-1-3-7-13)16-10-8-12-5-4-9-15-11-12/h2-7,9,11H,8,10H2,(H,16,17). The van der Waals surface area contributed by atoms with Crippen LogP contribution in [0, 0.1) is 6.07 Å². The van der Waals surface area contributed by atoms with Crippen molar-refractivity contribution in [2.75, 3.05) is 6.54 Å². The van der Waals surface area contributed by atoms with Crippen molar-refractivity contribution in [1.29, 1.82) is 0 Å². The number of benzene rings is 1. The maximum Gasteiger partial charge on any atom is 0.251 e. The van der Waals surface area contributed by atoms with Gasteiger partial charge in [-0.25, -0.2) is 0 Å². The average Bonchev–Trinajstić information content (AvgIpc) is 2.41. The van der Waals surface area contributed by atoms with Gasteiger partial charge in [0.15, 0.2) is 0 Å². The molecule has 2 rings (SSSR count). The predicted molar refractivity (Wildman–Crippen MR) is 65.6 cm³/mol. The molecule has 1 radical (unpaired) electrons. The average molecular weight is 225 g/mol. The number of carbonyl (C=O) groups is 1. The van der Waals surface area contributed by atoms with Gasteiger partial charge in [0.25, 0.3) is 5.91 Å². The van der Waals surface area contributed by atoms with Gasteiger partial charge in [0, 0.05) is 24.5 Å². The van der Waals surface area contributed by atoms with E-state index in [1.165, 1.54) is 0 Å². The van der Waals surface area contributed by atoms with Crippen LogP contribution in [0.25, 0.3) is 0 Å². The highest BCUT2D eigenvalue weighted by Gasteiger charge is 2.02. The Morgan fingerprint density at radius 2 is 2.12 bits per heavy atom. The van der Waals surface area contributed by atoms with Crippen molar-refractivity contribution in [3.8, 4) is 0 Å². The second-order valence-corrected chi connectivity index (χ2v) is 3.66. The molecule has 3 heteroatoms. The van der Waals surface area contributed by atoms with Gasteiger partial charge in [-0.05, 0) is 36.2 Å². The van der Waals surface area contributed by atoms with Crippen LogP contribution >= 0.6 is 0 Å². The summed E-state index contributed by atoms with van der Waals surface area (Å²) in [5, 5.41) is 2.87. The maximum absolute atomic E-state index is 11.7. The van der Waals surface area contributed by atoms with Gasteiger partial charge < -0.3 is 5.32 Å². The summed E-state index contributed by atoms with van der Waals surface area (Å²) in [4.78, 5) is 15.7. The first-order chi connectivity index (χ1) is 8.36. The van der Waals surface area contributed by atoms with Crippen molar-refractivity contribution in [2.24, 2.45) is 0 Å². The number of carbonyl (C=O) groups excluding carboxylic acids is 1. The van der Waals surface area contributed by atoms with Crippen LogP contribution in [0.3, 0.4) is 0 Å². The zero-order chi connectivity index (χ0) is 11.9. The summed E-state index contributed by atoms with van der Waals surface area (Å²) in [6.07, 6.45) is 4.34. The normalized spacial score (nSPS) is 9.88. The second-order valence-electron chi connectivity index (χ2n) is 3.66. The Bertz CT molecular complexity index is 468. The quantitative estimate of drug-likeness (QED) is 0.862. The lowest BCUT2D eigenvalue weighted by atomic mass is 10.2. The third-order valence-electron chi connectivity index (χ3n) is 2.40. The lowest BCUT2D eigenvalue weighted by molar-refractivity contribution is 0.0954. The van der Waals surface area contributed by atoms with Gasteiger partial charge in [-0.2, -0.15) is 0 Å². The van der Waals surface area contributed by atoms with Crippen LogP contribution in [0.1, 0.15) is 15.9 Å². The van der Waals surface area contributed by atoms with Crippen LogP contribution in [0.5, 0.6) is 0 Å². The Morgan fingerprint density at radius 1 is 1.29 bits per heavy atom. The fourth-order valence-corrected chi connectivity index (χ4v) is 1.51. The number of hydrogen-bond donors (Lipinski definition) is 1. The number of rotatable bonds is 4. The van der Waals surface area contributed by atoms with Crippen LogP contribution < -0.4 is 5.32 Å². The molecule has 0 spiro atoms. The Balaban J connectivity index is 1.82. The lowest BCUT2D eigenvalue weighted by Crippen LogP contribution is -2.25. The van der Waals surface area contributed by atoms with E-state index in [0.717, 1.165) is 12.0 Å². The first kappa shape index (κ1) is 11.3. The molecule has 0 atom stereocenters. The summed E-state index contributed by atoms with van der Waals surface area (Å²) in [6.45, 7) is 0.614. The zero-order valence-corrected chi connectivity index (χ0v) is 9.39. The van der Waals surface area contributed by atoms with Gasteiger partial charge >= 0.3 is 0 Å². The van der Waals surface area contributed by atoms with E-state index in [1.54, 1.807) is 30.5 Å². The molecule has 85 valence electrons. The molecule has 0 aliphatic carbocycles. The molecule has 2 aromatic rings. The van der Waals surface area contributed by atoms with Gasteiger partial charge in [0.1, 0.15) is 0 Å². The molecule has 3 nitrogen and oxygen atoms in total. The number of hydrogen-bond acceptors (Lipinski definition) is 2. The Hall–Kier alpha value is -2.16. The molecule has 1 N–H and O–H groups in total. The molecule has 0 aliphatic heterocycles. The van der Waals surface area contributed by atoms with Crippen LogP contribution in [-0.2, 0) is 6.42 Å². The van der Waals surface area contributed by atoms with E-state index in [-0.39, 0.29) is 5.91 Å². The second kappa shape index (κ2) is 5.80. The summed E-state index contributed by atoms with van der Waals surface area (Å²) in [5.41, 5.74) is 1.78. The summed E-state index contributed by atoms with van der Waals surface area (Å²) >= 11 is 0. The number of nitrogens with zero attached hydrogens (tertiary/aromatic N) is 1. The van der Waals surface area contributed by atoms with E-state index in [1.807, 2.05) is 18.3 Å². The Labute approximate surface area is 101 Å². The monoisotopic (exact) mass is 225 g/mol. The molecule has 1 aromatic heterocycles. The molecule has 0 saturated heterocycles. The van der Waals surface area contributed by atoms with Crippen molar-refractivity contribution in [2.45, 2.75) is 6.42 Å². The summed E-state index contributed by atoms with van der Waals surface area (Å²) in [7, 11) is 0. The molecular formula is C14H13N2O. The Kier molecular flexibility index (Phi) is 3.86. The minimum absolute atomic E-state index is 0.0529. The van der Waals surface area contributed by atoms with Crippen molar-refractivity contribution in [1.82, 2.24) is 10.3 Å². The van der Waals surface area contributed by atoms with Crippen molar-refractivity contribution < 1.29 is 4.79 Å². The molecule has 0 fully saturated rings. The van der Waals surface area contributed by atoms with Gasteiger partial charge in [-0.15, -0.1) is 0 Å². The van der Waals surface area contributed by atoms with Crippen molar-refractivity contribution in [3.05, 3.63) is 66.0 Å². The molecule has 0 unspecified atom stereocenters. The fraction of sp³-hybridized carbons (Fsp3) is 0.143. The maximum atomic E-state index is 11.7. The minimum atomic E-state index is -0.0529. The first-order valence-corrected chi connectivity index (χ1v) is 5.49. The summed E-state index contributed by atoms with van der Waals surface area (Å²) in [5.74, 6) is -0.0529. The fourth-order valence-electron chi connectivity index (χ4n) is 1.51. The van der Waals surface area contributed by atoms with Gasteiger partial charge in [-0.3, -0.25) is 9.78 Å². The number of aromatic nitrogens is 1. The lowest BCUT2D eigenvalue weighted by Gasteiger charge is -2.04. The van der Waals surface area contributed by atoms with Crippen molar-refractivity contribution in [3.63, 3.8) is 0 Å². The van der Waals surface area contributed by atoms with Gasteiger partial charge in [-0.1, -0.05) is 18.2 Å². The summed E-state index contributed by atoms with van der Waals surface area (Å²) < 4.78 is 0. The van der Waals surface area contributed by atoms with E-state index in [9.17, 15) is 4.79 Å².